The lowest BCUT2D eigenvalue weighted by atomic mass is 9.82. The smallest absolute Gasteiger partial charge is 0.170 e. The van der Waals surface area contributed by atoms with Crippen LogP contribution in [0.3, 0.4) is 0 Å². The van der Waals surface area contributed by atoms with E-state index in [4.69, 9.17) is 15.7 Å². The molecule has 0 atom stereocenters. The highest BCUT2D eigenvalue weighted by Crippen LogP contribution is 2.27. The Morgan fingerprint density at radius 1 is 1.38 bits per heavy atom. The number of likely N-dealkylation sites (N-methyl/N-ethyl adjacent to an activating group) is 1. The Morgan fingerprint density at radius 2 is 2.05 bits per heavy atom. The standard InChI is InChI=1S/C15H23N3O3/c1-18(10-11-8-13(19)9-11)6-7-21-14-4-2-12(3-5-14)15(16)17-20/h2-5,11,13,19-20H,6-10H2,1H3,(H2,16,17). The number of ether oxygens (including phenoxy) is 1. The van der Waals surface area contributed by atoms with Crippen molar-refractivity contribution in [3.05, 3.63) is 29.8 Å². The van der Waals surface area contributed by atoms with Crippen LogP contribution < -0.4 is 10.5 Å². The minimum absolute atomic E-state index is 0.0870. The fourth-order valence-corrected chi connectivity index (χ4v) is 2.48. The highest BCUT2D eigenvalue weighted by atomic mass is 16.5. The molecule has 0 bridgehead atoms. The first kappa shape index (κ1) is 15.6. The summed E-state index contributed by atoms with van der Waals surface area (Å²) in [5, 5.41) is 20.8. The van der Waals surface area contributed by atoms with Crippen molar-refractivity contribution in [2.45, 2.75) is 18.9 Å². The van der Waals surface area contributed by atoms with E-state index < -0.39 is 0 Å². The van der Waals surface area contributed by atoms with E-state index in [1.54, 1.807) is 24.3 Å². The molecule has 0 spiro atoms. The molecule has 0 aromatic heterocycles. The van der Waals surface area contributed by atoms with Gasteiger partial charge in [0, 0.05) is 18.7 Å². The molecule has 1 saturated carbocycles. The maximum absolute atomic E-state index is 9.26. The van der Waals surface area contributed by atoms with Crippen molar-refractivity contribution in [2.24, 2.45) is 16.8 Å². The fourth-order valence-electron chi connectivity index (χ4n) is 2.48. The molecule has 0 heterocycles. The van der Waals surface area contributed by atoms with E-state index in [-0.39, 0.29) is 11.9 Å². The number of hydrogen-bond donors (Lipinski definition) is 3. The Kier molecular flexibility index (Phi) is 5.41. The Labute approximate surface area is 124 Å². The van der Waals surface area contributed by atoms with Gasteiger partial charge < -0.3 is 25.7 Å². The zero-order valence-corrected chi connectivity index (χ0v) is 12.3. The molecule has 0 unspecified atom stereocenters. The summed E-state index contributed by atoms with van der Waals surface area (Å²) in [6, 6.07) is 7.11. The molecule has 6 heteroatoms. The lowest BCUT2D eigenvalue weighted by Gasteiger charge is -2.34. The van der Waals surface area contributed by atoms with Gasteiger partial charge in [-0.15, -0.1) is 0 Å². The molecule has 0 aliphatic heterocycles. The van der Waals surface area contributed by atoms with Gasteiger partial charge in [0.05, 0.1) is 6.10 Å². The minimum atomic E-state index is -0.0898. The highest BCUT2D eigenvalue weighted by Gasteiger charge is 2.27. The zero-order valence-electron chi connectivity index (χ0n) is 12.3. The molecule has 0 radical (unpaired) electrons. The summed E-state index contributed by atoms with van der Waals surface area (Å²) in [5.74, 6) is 1.46. The van der Waals surface area contributed by atoms with Gasteiger partial charge in [-0.2, -0.15) is 0 Å². The summed E-state index contributed by atoms with van der Waals surface area (Å²) in [5.41, 5.74) is 6.15. The lowest BCUT2D eigenvalue weighted by molar-refractivity contribution is 0.0269. The van der Waals surface area contributed by atoms with Crippen molar-refractivity contribution in [2.75, 3.05) is 26.7 Å². The van der Waals surface area contributed by atoms with E-state index in [1.165, 1.54) is 0 Å². The SMILES string of the molecule is CN(CCOc1ccc(C(N)=NO)cc1)CC1CC(O)C1. The average Bonchev–Trinajstić information content (AvgIpc) is 2.45. The number of rotatable bonds is 7. The molecule has 1 aromatic rings. The number of nitrogens with zero attached hydrogens (tertiary/aromatic N) is 2. The number of aliphatic hydroxyl groups is 1. The predicted octanol–water partition coefficient (Wildman–Crippen LogP) is 0.863. The van der Waals surface area contributed by atoms with Gasteiger partial charge in [0.1, 0.15) is 12.4 Å². The van der Waals surface area contributed by atoms with Crippen LogP contribution in [0.25, 0.3) is 0 Å². The van der Waals surface area contributed by atoms with Crippen LogP contribution in [0.1, 0.15) is 18.4 Å². The number of amidine groups is 1. The van der Waals surface area contributed by atoms with Gasteiger partial charge in [-0.3, -0.25) is 0 Å². The van der Waals surface area contributed by atoms with Crippen LogP contribution in [-0.4, -0.2) is 53.9 Å². The topological polar surface area (TPSA) is 91.3 Å². The quantitative estimate of drug-likeness (QED) is 0.300. The highest BCUT2D eigenvalue weighted by molar-refractivity contribution is 5.97. The van der Waals surface area contributed by atoms with Crippen LogP contribution in [0, 0.1) is 5.92 Å². The first-order valence-electron chi connectivity index (χ1n) is 7.16. The first-order valence-corrected chi connectivity index (χ1v) is 7.16. The summed E-state index contributed by atoms with van der Waals surface area (Å²) in [4.78, 5) is 2.22. The molecule has 1 aromatic carbocycles. The van der Waals surface area contributed by atoms with Crippen molar-refractivity contribution >= 4 is 5.84 Å². The van der Waals surface area contributed by atoms with Crippen molar-refractivity contribution in [3.63, 3.8) is 0 Å². The summed E-state index contributed by atoms with van der Waals surface area (Å²) < 4.78 is 5.67. The van der Waals surface area contributed by atoms with Gasteiger partial charge >= 0.3 is 0 Å². The van der Waals surface area contributed by atoms with E-state index >= 15 is 0 Å². The Balaban J connectivity index is 1.68. The van der Waals surface area contributed by atoms with Gasteiger partial charge in [0.25, 0.3) is 0 Å². The van der Waals surface area contributed by atoms with Crippen LogP contribution in [0.4, 0.5) is 0 Å². The molecule has 1 aliphatic carbocycles. The summed E-state index contributed by atoms with van der Waals surface area (Å²) in [6.07, 6.45) is 1.74. The molecular formula is C15H23N3O3. The lowest BCUT2D eigenvalue weighted by Crippen LogP contribution is -2.38. The second-order valence-electron chi connectivity index (χ2n) is 5.61. The number of oxime groups is 1. The summed E-state index contributed by atoms with van der Waals surface area (Å²) in [6.45, 7) is 2.45. The fraction of sp³-hybridized carbons (Fsp3) is 0.533. The van der Waals surface area contributed by atoms with E-state index in [1.807, 2.05) is 0 Å². The number of benzene rings is 1. The first-order chi connectivity index (χ1) is 10.1. The Hall–Kier alpha value is -1.79. The maximum atomic E-state index is 9.26. The van der Waals surface area contributed by atoms with E-state index in [9.17, 15) is 5.11 Å². The molecular weight excluding hydrogens is 270 g/mol. The third kappa shape index (κ3) is 4.61. The molecule has 1 fully saturated rings. The Morgan fingerprint density at radius 3 is 2.62 bits per heavy atom. The second-order valence-corrected chi connectivity index (χ2v) is 5.61. The van der Waals surface area contributed by atoms with Crippen LogP contribution >= 0.6 is 0 Å². The molecule has 2 rings (SSSR count). The van der Waals surface area contributed by atoms with Crippen LogP contribution in [0.2, 0.25) is 0 Å². The number of nitrogens with two attached hydrogens (primary N) is 1. The van der Waals surface area contributed by atoms with Crippen molar-refractivity contribution in [3.8, 4) is 5.75 Å². The number of aliphatic hydroxyl groups excluding tert-OH is 1. The largest absolute Gasteiger partial charge is 0.492 e. The molecule has 0 amide bonds. The van der Waals surface area contributed by atoms with Crippen LogP contribution in [-0.2, 0) is 0 Å². The minimum Gasteiger partial charge on any atom is -0.492 e. The van der Waals surface area contributed by atoms with Gasteiger partial charge in [-0.05, 0) is 50.1 Å². The zero-order chi connectivity index (χ0) is 15.2. The second kappa shape index (κ2) is 7.28. The monoisotopic (exact) mass is 293 g/mol. The van der Waals surface area contributed by atoms with Crippen molar-refractivity contribution in [1.82, 2.24) is 4.90 Å². The molecule has 6 nitrogen and oxygen atoms in total. The normalized spacial score (nSPS) is 22.1. The maximum Gasteiger partial charge on any atom is 0.170 e. The molecule has 21 heavy (non-hydrogen) atoms. The van der Waals surface area contributed by atoms with E-state index in [0.717, 1.165) is 31.7 Å². The van der Waals surface area contributed by atoms with Gasteiger partial charge in [0.2, 0.25) is 0 Å². The predicted molar refractivity (Wildman–Crippen MR) is 80.7 cm³/mol. The summed E-state index contributed by atoms with van der Waals surface area (Å²) in [7, 11) is 2.07. The summed E-state index contributed by atoms with van der Waals surface area (Å²) >= 11 is 0. The average molecular weight is 293 g/mol. The third-order valence-corrected chi connectivity index (χ3v) is 3.78. The van der Waals surface area contributed by atoms with Crippen molar-refractivity contribution < 1.29 is 15.1 Å². The molecule has 4 N–H and O–H groups in total. The van der Waals surface area contributed by atoms with E-state index in [0.29, 0.717) is 18.1 Å². The Bertz CT molecular complexity index is 470. The molecule has 116 valence electrons. The molecule has 0 saturated heterocycles. The van der Waals surface area contributed by atoms with Crippen molar-refractivity contribution in [1.29, 1.82) is 0 Å². The van der Waals surface area contributed by atoms with E-state index in [2.05, 4.69) is 17.1 Å². The van der Waals surface area contributed by atoms with Crippen LogP contribution in [0.15, 0.2) is 29.4 Å². The van der Waals surface area contributed by atoms with Gasteiger partial charge in [0.15, 0.2) is 5.84 Å². The number of hydrogen-bond acceptors (Lipinski definition) is 5. The van der Waals surface area contributed by atoms with Gasteiger partial charge in [-0.25, -0.2) is 0 Å². The third-order valence-electron chi connectivity index (χ3n) is 3.78. The van der Waals surface area contributed by atoms with Gasteiger partial charge in [-0.1, -0.05) is 5.16 Å². The van der Waals surface area contributed by atoms with Crippen LogP contribution in [0.5, 0.6) is 5.75 Å². The molecule has 1 aliphatic rings.